The predicted molar refractivity (Wildman–Crippen MR) is 61.2 cm³/mol. The van der Waals surface area contributed by atoms with Gasteiger partial charge >= 0.3 is 0 Å². The van der Waals surface area contributed by atoms with Gasteiger partial charge in [0.1, 0.15) is 0 Å². The highest BCUT2D eigenvalue weighted by atomic mass is 32.2. The molecular weight excluding hydrogens is 210 g/mol. The molecule has 0 saturated heterocycles. The molecule has 0 aliphatic rings. The second-order valence-corrected chi connectivity index (χ2v) is 5.83. The van der Waals surface area contributed by atoms with E-state index in [4.69, 9.17) is 0 Å². The number of nitrogens with one attached hydrogen (secondary N) is 1. The minimum atomic E-state index is -3.33. The van der Waals surface area contributed by atoms with Gasteiger partial charge in [-0.1, -0.05) is 26.0 Å². The summed E-state index contributed by atoms with van der Waals surface area (Å²) in [4.78, 5) is 0.336. The third-order valence-electron chi connectivity index (χ3n) is 1.98. The van der Waals surface area contributed by atoms with E-state index in [9.17, 15) is 8.42 Å². The van der Waals surface area contributed by atoms with Crippen LogP contribution < -0.4 is 4.72 Å². The van der Waals surface area contributed by atoms with Crippen LogP contribution in [0.2, 0.25) is 0 Å². The third kappa shape index (κ3) is 3.64. The van der Waals surface area contributed by atoms with Crippen molar-refractivity contribution in [1.29, 1.82) is 0 Å². The van der Waals surface area contributed by atoms with E-state index in [-0.39, 0.29) is 0 Å². The average molecular weight is 227 g/mol. The molecule has 0 aliphatic heterocycles. The van der Waals surface area contributed by atoms with Crippen molar-refractivity contribution in [2.45, 2.75) is 25.7 Å². The molecule has 0 saturated carbocycles. The van der Waals surface area contributed by atoms with E-state index < -0.39 is 10.0 Å². The summed E-state index contributed by atoms with van der Waals surface area (Å²) in [6.45, 7) is 6.29. The fraction of sp³-hybridized carbons (Fsp3) is 0.455. The van der Waals surface area contributed by atoms with Crippen molar-refractivity contribution >= 4 is 10.0 Å². The van der Waals surface area contributed by atoms with Gasteiger partial charge in [-0.25, -0.2) is 13.1 Å². The predicted octanol–water partition coefficient (Wildman–Crippen LogP) is 1.93. The highest BCUT2D eigenvalue weighted by Gasteiger charge is 2.13. The average Bonchev–Trinajstić information content (AvgIpc) is 2.15. The van der Waals surface area contributed by atoms with E-state index in [1.165, 1.54) is 0 Å². The molecule has 3 nitrogen and oxygen atoms in total. The van der Waals surface area contributed by atoms with E-state index in [2.05, 4.69) is 4.72 Å². The van der Waals surface area contributed by atoms with Crippen LogP contribution in [0.4, 0.5) is 0 Å². The fourth-order valence-corrected chi connectivity index (χ4v) is 2.46. The van der Waals surface area contributed by atoms with Crippen molar-refractivity contribution in [2.24, 2.45) is 5.92 Å². The van der Waals surface area contributed by atoms with Gasteiger partial charge in [0.25, 0.3) is 0 Å². The smallest absolute Gasteiger partial charge is 0.211 e. The molecule has 0 unspecified atom stereocenters. The molecule has 4 heteroatoms. The summed E-state index contributed by atoms with van der Waals surface area (Å²) in [7, 11) is -3.33. The van der Waals surface area contributed by atoms with Gasteiger partial charge in [0.15, 0.2) is 0 Å². The van der Waals surface area contributed by atoms with Gasteiger partial charge in [-0.2, -0.15) is 0 Å². The maximum atomic E-state index is 11.8. The summed E-state index contributed by atoms with van der Waals surface area (Å²) >= 11 is 0. The van der Waals surface area contributed by atoms with Crippen LogP contribution in [-0.4, -0.2) is 15.0 Å². The van der Waals surface area contributed by atoms with Gasteiger partial charge in [0.05, 0.1) is 4.90 Å². The Morgan fingerprint density at radius 3 is 2.53 bits per heavy atom. The normalized spacial score (nSPS) is 12.0. The lowest BCUT2D eigenvalue weighted by Crippen LogP contribution is -2.27. The van der Waals surface area contributed by atoms with E-state index in [1.807, 2.05) is 26.8 Å². The fourth-order valence-electron chi connectivity index (χ4n) is 1.14. The van der Waals surface area contributed by atoms with Crippen LogP contribution in [0.5, 0.6) is 0 Å². The quantitative estimate of drug-likeness (QED) is 0.854. The lowest BCUT2D eigenvalue weighted by Gasteiger charge is -2.08. The van der Waals surface area contributed by atoms with Crippen LogP contribution in [-0.2, 0) is 10.0 Å². The molecule has 0 aromatic heterocycles. The van der Waals surface area contributed by atoms with Crippen molar-refractivity contribution < 1.29 is 8.42 Å². The Balaban J connectivity index is 2.87. The second-order valence-electron chi connectivity index (χ2n) is 4.06. The molecule has 1 aromatic carbocycles. The molecule has 0 aliphatic carbocycles. The van der Waals surface area contributed by atoms with Gasteiger partial charge in [-0.3, -0.25) is 0 Å². The van der Waals surface area contributed by atoms with Gasteiger partial charge in [0, 0.05) is 6.54 Å². The zero-order chi connectivity index (χ0) is 11.5. The Morgan fingerprint density at radius 1 is 1.33 bits per heavy atom. The molecule has 1 aromatic rings. The molecule has 0 atom stereocenters. The molecule has 0 amide bonds. The lowest BCUT2D eigenvalue weighted by atomic mass is 10.2. The molecule has 0 spiro atoms. The largest absolute Gasteiger partial charge is 0.240 e. The number of benzene rings is 1. The molecule has 1 N–H and O–H groups in total. The summed E-state index contributed by atoms with van der Waals surface area (Å²) in [5, 5.41) is 0. The van der Waals surface area contributed by atoms with Gasteiger partial charge in [-0.15, -0.1) is 0 Å². The summed E-state index contributed by atoms with van der Waals surface area (Å²) in [5.41, 5.74) is 0.947. The highest BCUT2D eigenvalue weighted by molar-refractivity contribution is 7.89. The molecule has 0 heterocycles. The van der Waals surface area contributed by atoms with Crippen LogP contribution in [0.1, 0.15) is 19.4 Å². The minimum absolute atomic E-state index is 0.310. The summed E-state index contributed by atoms with van der Waals surface area (Å²) in [6.07, 6.45) is 0. The van der Waals surface area contributed by atoms with E-state index in [0.717, 1.165) is 5.56 Å². The van der Waals surface area contributed by atoms with Crippen molar-refractivity contribution in [3.63, 3.8) is 0 Å². The minimum Gasteiger partial charge on any atom is -0.211 e. The Labute approximate surface area is 91.6 Å². The van der Waals surface area contributed by atoms with Gasteiger partial charge in [-0.05, 0) is 30.5 Å². The summed E-state index contributed by atoms with van der Waals surface area (Å²) < 4.78 is 26.1. The second kappa shape index (κ2) is 4.77. The van der Waals surface area contributed by atoms with Gasteiger partial charge in [0.2, 0.25) is 10.0 Å². The number of hydrogen-bond acceptors (Lipinski definition) is 2. The zero-order valence-electron chi connectivity index (χ0n) is 9.32. The number of hydrogen-bond donors (Lipinski definition) is 1. The maximum Gasteiger partial charge on any atom is 0.240 e. The topological polar surface area (TPSA) is 46.2 Å². The Hall–Kier alpha value is -0.870. The van der Waals surface area contributed by atoms with E-state index in [1.54, 1.807) is 18.2 Å². The molecular formula is C11H17NO2S. The van der Waals surface area contributed by atoms with E-state index in [0.29, 0.717) is 17.4 Å². The van der Waals surface area contributed by atoms with Crippen molar-refractivity contribution in [1.82, 2.24) is 4.72 Å². The lowest BCUT2D eigenvalue weighted by molar-refractivity contribution is 0.560. The van der Waals surface area contributed by atoms with Crippen LogP contribution >= 0.6 is 0 Å². The number of aryl methyl sites for hydroxylation is 1. The summed E-state index contributed by atoms with van der Waals surface area (Å²) in [5.74, 6) is 0.310. The molecule has 0 fully saturated rings. The molecule has 84 valence electrons. The first-order valence-corrected chi connectivity index (χ1v) is 6.46. The van der Waals surface area contributed by atoms with Crippen LogP contribution in [0.15, 0.2) is 29.2 Å². The molecule has 0 bridgehead atoms. The van der Waals surface area contributed by atoms with Gasteiger partial charge < -0.3 is 0 Å². The Morgan fingerprint density at radius 2 is 2.00 bits per heavy atom. The number of sulfonamides is 1. The van der Waals surface area contributed by atoms with Crippen molar-refractivity contribution in [3.05, 3.63) is 29.8 Å². The Kier molecular flexibility index (Phi) is 3.88. The first-order valence-electron chi connectivity index (χ1n) is 4.98. The van der Waals surface area contributed by atoms with Crippen LogP contribution in [0.25, 0.3) is 0 Å². The SMILES string of the molecule is Cc1cccc(S(=O)(=O)NCC(C)C)c1. The Bertz CT molecular complexity index is 424. The zero-order valence-corrected chi connectivity index (χ0v) is 10.1. The summed E-state index contributed by atoms with van der Waals surface area (Å²) in [6, 6.07) is 6.90. The number of rotatable bonds is 4. The standard InChI is InChI=1S/C11H17NO2S/c1-9(2)8-12-15(13,14)11-6-4-5-10(3)7-11/h4-7,9,12H,8H2,1-3H3. The van der Waals surface area contributed by atoms with Crippen LogP contribution in [0, 0.1) is 12.8 Å². The third-order valence-corrected chi connectivity index (χ3v) is 3.40. The molecule has 1 rings (SSSR count). The highest BCUT2D eigenvalue weighted by Crippen LogP contribution is 2.10. The van der Waals surface area contributed by atoms with Crippen molar-refractivity contribution in [2.75, 3.05) is 6.54 Å². The van der Waals surface area contributed by atoms with E-state index >= 15 is 0 Å². The van der Waals surface area contributed by atoms with Crippen molar-refractivity contribution in [3.8, 4) is 0 Å². The monoisotopic (exact) mass is 227 g/mol. The maximum absolute atomic E-state index is 11.8. The molecule has 0 radical (unpaired) electrons. The first-order chi connectivity index (χ1) is 6.92. The molecule has 15 heavy (non-hydrogen) atoms. The first kappa shape index (κ1) is 12.2. The van der Waals surface area contributed by atoms with Crippen LogP contribution in [0.3, 0.4) is 0 Å².